The summed E-state index contributed by atoms with van der Waals surface area (Å²) in [5.74, 6) is 2.10. The first kappa shape index (κ1) is 17.0. The average molecular weight is 345 g/mol. The van der Waals surface area contributed by atoms with E-state index in [2.05, 4.69) is 42.5 Å². The first-order chi connectivity index (χ1) is 11.5. The zero-order chi connectivity index (χ0) is 17.3. The number of hydrogen-bond acceptors (Lipinski definition) is 4. The summed E-state index contributed by atoms with van der Waals surface area (Å²) in [5.41, 5.74) is 4.34. The molecule has 1 aromatic heterocycles. The van der Waals surface area contributed by atoms with E-state index in [1.807, 2.05) is 19.1 Å². The van der Waals surface area contributed by atoms with E-state index in [1.165, 1.54) is 12.8 Å². The standard InChI is InChI=1S/C19H25ClN4/c1-5-12(3)21-19-22-16(14-7-8-14)10-17(24-19)23-18-11(2)6-9-15(20)13(18)4/h6,9-10,12,14H,5,7-8H2,1-4H3,(H2,21,22,23,24)/t12-/m0/s1. The van der Waals surface area contributed by atoms with Crippen molar-refractivity contribution in [2.75, 3.05) is 10.6 Å². The maximum Gasteiger partial charge on any atom is 0.225 e. The fraction of sp³-hybridized carbons (Fsp3) is 0.474. The van der Waals surface area contributed by atoms with Crippen molar-refractivity contribution < 1.29 is 0 Å². The highest BCUT2D eigenvalue weighted by atomic mass is 35.5. The van der Waals surface area contributed by atoms with Crippen molar-refractivity contribution in [3.63, 3.8) is 0 Å². The van der Waals surface area contributed by atoms with E-state index in [1.54, 1.807) is 0 Å². The van der Waals surface area contributed by atoms with Gasteiger partial charge in [-0.05, 0) is 57.2 Å². The third-order valence-electron chi connectivity index (χ3n) is 4.59. The Morgan fingerprint density at radius 3 is 2.67 bits per heavy atom. The van der Waals surface area contributed by atoms with Crippen LogP contribution in [-0.4, -0.2) is 16.0 Å². The normalized spacial score (nSPS) is 15.2. The van der Waals surface area contributed by atoms with E-state index in [4.69, 9.17) is 16.6 Å². The number of rotatable bonds is 6. The van der Waals surface area contributed by atoms with Gasteiger partial charge in [0.15, 0.2) is 0 Å². The molecule has 1 aromatic carbocycles. The van der Waals surface area contributed by atoms with Gasteiger partial charge in [-0.25, -0.2) is 4.98 Å². The smallest absolute Gasteiger partial charge is 0.225 e. The first-order valence-corrected chi connectivity index (χ1v) is 9.04. The molecule has 4 nitrogen and oxygen atoms in total. The van der Waals surface area contributed by atoms with Gasteiger partial charge in [0.1, 0.15) is 5.82 Å². The first-order valence-electron chi connectivity index (χ1n) is 8.66. The summed E-state index contributed by atoms with van der Waals surface area (Å²) in [7, 11) is 0. The van der Waals surface area contributed by atoms with Gasteiger partial charge in [0.05, 0.1) is 5.69 Å². The highest BCUT2D eigenvalue weighted by Gasteiger charge is 2.26. The molecule has 1 atom stereocenters. The lowest BCUT2D eigenvalue weighted by molar-refractivity contribution is 0.750. The molecule has 2 N–H and O–H groups in total. The van der Waals surface area contributed by atoms with Crippen LogP contribution in [0.1, 0.15) is 55.8 Å². The fourth-order valence-electron chi connectivity index (χ4n) is 2.65. The highest BCUT2D eigenvalue weighted by molar-refractivity contribution is 6.31. The van der Waals surface area contributed by atoms with Gasteiger partial charge >= 0.3 is 0 Å². The van der Waals surface area contributed by atoms with Crippen molar-refractivity contribution in [1.82, 2.24) is 9.97 Å². The van der Waals surface area contributed by atoms with Crippen molar-refractivity contribution in [3.8, 4) is 0 Å². The molecule has 24 heavy (non-hydrogen) atoms. The van der Waals surface area contributed by atoms with Crippen LogP contribution in [0.2, 0.25) is 5.02 Å². The molecule has 0 aliphatic heterocycles. The molecule has 0 radical (unpaired) electrons. The lowest BCUT2D eigenvalue weighted by atomic mass is 10.1. The molecule has 0 spiro atoms. The second-order valence-electron chi connectivity index (χ2n) is 6.72. The molecule has 1 aliphatic rings. The van der Waals surface area contributed by atoms with Crippen molar-refractivity contribution >= 4 is 29.1 Å². The largest absolute Gasteiger partial charge is 0.352 e. The number of halogens is 1. The van der Waals surface area contributed by atoms with Crippen molar-refractivity contribution in [1.29, 1.82) is 0 Å². The van der Waals surface area contributed by atoms with Gasteiger partial charge in [-0.2, -0.15) is 4.98 Å². The van der Waals surface area contributed by atoms with Gasteiger partial charge in [-0.15, -0.1) is 0 Å². The van der Waals surface area contributed by atoms with Gasteiger partial charge in [-0.3, -0.25) is 0 Å². The maximum atomic E-state index is 6.28. The molecule has 2 aromatic rings. The van der Waals surface area contributed by atoms with Crippen LogP contribution in [0, 0.1) is 13.8 Å². The monoisotopic (exact) mass is 344 g/mol. The Kier molecular flexibility index (Phi) is 4.95. The van der Waals surface area contributed by atoms with Crippen LogP contribution in [-0.2, 0) is 0 Å². The Morgan fingerprint density at radius 1 is 1.25 bits per heavy atom. The minimum atomic E-state index is 0.349. The zero-order valence-corrected chi connectivity index (χ0v) is 15.5. The van der Waals surface area contributed by atoms with E-state index in [9.17, 15) is 0 Å². The molecule has 5 heteroatoms. The molecule has 0 unspecified atom stereocenters. The van der Waals surface area contributed by atoms with E-state index in [0.29, 0.717) is 17.9 Å². The molecular weight excluding hydrogens is 320 g/mol. The number of nitrogens with zero attached hydrogens (tertiary/aromatic N) is 2. The Hall–Kier alpha value is -1.81. The molecular formula is C19H25ClN4. The highest BCUT2D eigenvalue weighted by Crippen LogP contribution is 2.40. The number of nitrogens with one attached hydrogen (secondary N) is 2. The summed E-state index contributed by atoms with van der Waals surface area (Å²) in [5, 5.41) is 7.62. The quantitative estimate of drug-likeness (QED) is 0.718. The molecule has 1 heterocycles. The van der Waals surface area contributed by atoms with Crippen molar-refractivity contribution in [3.05, 3.63) is 40.0 Å². The average Bonchev–Trinajstić information content (AvgIpc) is 3.40. The van der Waals surface area contributed by atoms with Gasteiger partial charge in [-0.1, -0.05) is 24.6 Å². The lowest BCUT2D eigenvalue weighted by Gasteiger charge is -2.16. The molecule has 0 bridgehead atoms. The number of anilines is 3. The van der Waals surface area contributed by atoms with Crippen LogP contribution >= 0.6 is 11.6 Å². The minimum absolute atomic E-state index is 0.349. The third-order valence-corrected chi connectivity index (χ3v) is 5.00. The summed E-state index contributed by atoms with van der Waals surface area (Å²) in [4.78, 5) is 9.36. The minimum Gasteiger partial charge on any atom is -0.352 e. The molecule has 128 valence electrons. The molecule has 3 rings (SSSR count). The van der Waals surface area contributed by atoms with Gasteiger partial charge in [0.2, 0.25) is 5.95 Å². The summed E-state index contributed by atoms with van der Waals surface area (Å²) >= 11 is 6.28. The van der Waals surface area contributed by atoms with E-state index in [0.717, 1.165) is 39.8 Å². The SMILES string of the molecule is CC[C@H](C)Nc1nc(Nc2c(C)ccc(Cl)c2C)cc(C2CC2)n1. The second-order valence-corrected chi connectivity index (χ2v) is 7.13. The van der Waals surface area contributed by atoms with Gasteiger partial charge in [0, 0.05) is 28.7 Å². The Labute approximate surface area is 149 Å². The maximum absolute atomic E-state index is 6.28. The summed E-state index contributed by atoms with van der Waals surface area (Å²) in [6, 6.07) is 6.38. The number of benzene rings is 1. The second kappa shape index (κ2) is 6.98. The number of aromatic nitrogens is 2. The van der Waals surface area contributed by atoms with E-state index in [-0.39, 0.29) is 0 Å². The lowest BCUT2D eigenvalue weighted by Crippen LogP contribution is -2.16. The summed E-state index contributed by atoms with van der Waals surface area (Å²) < 4.78 is 0. The van der Waals surface area contributed by atoms with Crippen LogP contribution in [0.5, 0.6) is 0 Å². The number of aryl methyl sites for hydroxylation is 1. The third kappa shape index (κ3) is 3.81. The fourth-order valence-corrected chi connectivity index (χ4v) is 2.80. The van der Waals surface area contributed by atoms with Crippen LogP contribution in [0.15, 0.2) is 18.2 Å². The summed E-state index contributed by atoms with van der Waals surface area (Å²) in [6.45, 7) is 8.40. The van der Waals surface area contributed by atoms with Crippen molar-refractivity contribution in [2.24, 2.45) is 0 Å². The van der Waals surface area contributed by atoms with Gasteiger partial charge < -0.3 is 10.6 Å². The van der Waals surface area contributed by atoms with Crippen LogP contribution < -0.4 is 10.6 Å². The summed E-state index contributed by atoms with van der Waals surface area (Å²) in [6.07, 6.45) is 3.47. The molecule has 0 saturated heterocycles. The molecule has 1 saturated carbocycles. The molecule has 1 aliphatic carbocycles. The number of hydrogen-bond donors (Lipinski definition) is 2. The molecule has 0 amide bonds. The predicted molar refractivity (Wildman–Crippen MR) is 102 cm³/mol. The predicted octanol–water partition coefficient (Wildman–Crippen LogP) is 5.58. The van der Waals surface area contributed by atoms with Gasteiger partial charge in [0.25, 0.3) is 0 Å². The van der Waals surface area contributed by atoms with Crippen molar-refractivity contribution in [2.45, 2.75) is 58.9 Å². The van der Waals surface area contributed by atoms with Crippen LogP contribution in [0.25, 0.3) is 0 Å². The van der Waals surface area contributed by atoms with Crippen LogP contribution in [0.4, 0.5) is 17.5 Å². The Bertz CT molecular complexity index is 740. The topological polar surface area (TPSA) is 49.8 Å². The van der Waals surface area contributed by atoms with E-state index < -0.39 is 0 Å². The molecule has 1 fully saturated rings. The van der Waals surface area contributed by atoms with Crippen LogP contribution in [0.3, 0.4) is 0 Å². The zero-order valence-electron chi connectivity index (χ0n) is 14.8. The van der Waals surface area contributed by atoms with E-state index >= 15 is 0 Å². The Morgan fingerprint density at radius 2 is 2.00 bits per heavy atom. The Balaban J connectivity index is 1.94.